The van der Waals surface area contributed by atoms with Crippen molar-refractivity contribution in [2.45, 2.75) is 39.5 Å². The first-order chi connectivity index (χ1) is 8.17. The summed E-state index contributed by atoms with van der Waals surface area (Å²) in [5, 5.41) is 2.67. The number of aromatic nitrogens is 2. The molecular formula is C12H19N3O2. The van der Waals surface area contributed by atoms with E-state index in [9.17, 15) is 9.59 Å². The maximum Gasteiger partial charge on any atom is 0.346 e. The van der Waals surface area contributed by atoms with Crippen LogP contribution >= 0.6 is 0 Å². The fourth-order valence-electron chi connectivity index (χ4n) is 1.64. The zero-order chi connectivity index (χ0) is 12.7. The number of hydrogen-bond donors (Lipinski definition) is 2. The van der Waals surface area contributed by atoms with E-state index in [2.05, 4.69) is 22.2 Å². The molecule has 5 nitrogen and oxygen atoms in total. The van der Waals surface area contributed by atoms with Crippen LogP contribution in [0.4, 0.5) is 5.82 Å². The van der Waals surface area contributed by atoms with Gasteiger partial charge in [0.15, 0.2) is 0 Å². The monoisotopic (exact) mass is 237 g/mol. The van der Waals surface area contributed by atoms with Gasteiger partial charge in [-0.1, -0.05) is 26.7 Å². The quantitative estimate of drug-likeness (QED) is 0.793. The van der Waals surface area contributed by atoms with Crippen molar-refractivity contribution in [1.82, 2.24) is 9.97 Å². The SMILES string of the molecule is CCCCC(CC)C(=O)Nc1cc[nH]c(=O)n1. The third-order valence-corrected chi connectivity index (χ3v) is 2.69. The lowest BCUT2D eigenvalue weighted by Crippen LogP contribution is -2.24. The van der Waals surface area contributed by atoms with Gasteiger partial charge in [0.1, 0.15) is 5.82 Å². The molecule has 2 N–H and O–H groups in total. The Morgan fingerprint density at radius 2 is 2.29 bits per heavy atom. The van der Waals surface area contributed by atoms with E-state index in [-0.39, 0.29) is 11.8 Å². The van der Waals surface area contributed by atoms with E-state index in [1.807, 2.05) is 6.92 Å². The van der Waals surface area contributed by atoms with Gasteiger partial charge < -0.3 is 10.3 Å². The van der Waals surface area contributed by atoms with E-state index in [1.165, 1.54) is 6.20 Å². The molecule has 0 saturated heterocycles. The largest absolute Gasteiger partial charge is 0.346 e. The second kappa shape index (κ2) is 6.83. The third kappa shape index (κ3) is 4.38. The number of H-pyrrole nitrogens is 1. The predicted octanol–water partition coefficient (Wildman–Crippen LogP) is 1.92. The van der Waals surface area contributed by atoms with Gasteiger partial charge in [-0.05, 0) is 18.9 Å². The fraction of sp³-hybridized carbons (Fsp3) is 0.583. The summed E-state index contributed by atoms with van der Waals surface area (Å²) in [5.41, 5.74) is -0.454. The molecule has 0 aliphatic rings. The lowest BCUT2D eigenvalue weighted by Gasteiger charge is -2.13. The van der Waals surface area contributed by atoms with Gasteiger partial charge in [-0.2, -0.15) is 4.98 Å². The van der Waals surface area contributed by atoms with Gasteiger partial charge in [-0.3, -0.25) is 4.79 Å². The fourth-order valence-corrected chi connectivity index (χ4v) is 1.64. The van der Waals surface area contributed by atoms with Crippen molar-refractivity contribution in [3.05, 3.63) is 22.7 Å². The Balaban J connectivity index is 2.60. The Morgan fingerprint density at radius 1 is 1.53 bits per heavy atom. The second-order valence-corrected chi connectivity index (χ2v) is 4.02. The molecule has 0 aromatic carbocycles. The number of carbonyl (C=O) groups is 1. The van der Waals surface area contributed by atoms with Crippen LogP contribution in [0.1, 0.15) is 39.5 Å². The molecule has 1 heterocycles. The molecule has 0 radical (unpaired) electrons. The molecule has 1 aromatic heterocycles. The average molecular weight is 237 g/mol. The molecule has 1 amide bonds. The molecule has 0 bridgehead atoms. The van der Waals surface area contributed by atoms with Crippen LogP contribution in [0.3, 0.4) is 0 Å². The zero-order valence-corrected chi connectivity index (χ0v) is 10.3. The van der Waals surface area contributed by atoms with Crippen LogP contribution in [-0.4, -0.2) is 15.9 Å². The summed E-state index contributed by atoms with van der Waals surface area (Å²) in [7, 11) is 0. The molecule has 17 heavy (non-hydrogen) atoms. The number of nitrogens with one attached hydrogen (secondary N) is 2. The van der Waals surface area contributed by atoms with Gasteiger partial charge in [-0.25, -0.2) is 4.79 Å². The number of anilines is 1. The Bertz CT molecular complexity index is 414. The first-order valence-electron chi connectivity index (χ1n) is 6.04. The first-order valence-corrected chi connectivity index (χ1v) is 6.04. The normalized spacial score (nSPS) is 12.1. The van der Waals surface area contributed by atoms with Crippen molar-refractivity contribution in [3.63, 3.8) is 0 Å². The highest BCUT2D eigenvalue weighted by atomic mass is 16.2. The molecule has 0 saturated carbocycles. The van der Waals surface area contributed by atoms with Crippen LogP contribution in [0.25, 0.3) is 0 Å². The van der Waals surface area contributed by atoms with Crippen molar-refractivity contribution in [3.8, 4) is 0 Å². The van der Waals surface area contributed by atoms with E-state index in [0.717, 1.165) is 25.7 Å². The number of unbranched alkanes of at least 4 members (excludes halogenated alkanes) is 1. The second-order valence-electron chi connectivity index (χ2n) is 4.02. The minimum Gasteiger partial charge on any atom is -0.313 e. The van der Waals surface area contributed by atoms with Gasteiger partial charge in [0.2, 0.25) is 5.91 Å². The average Bonchev–Trinajstić information content (AvgIpc) is 2.30. The number of carbonyl (C=O) groups excluding carboxylic acids is 1. The highest BCUT2D eigenvalue weighted by molar-refractivity contribution is 5.91. The van der Waals surface area contributed by atoms with Crippen LogP contribution in [0.2, 0.25) is 0 Å². The van der Waals surface area contributed by atoms with E-state index < -0.39 is 5.69 Å². The maximum absolute atomic E-state index is 11.9. The van der Waals surface area contributed by atoms with Crippen molar-refractivity contribution >= 4 is 11.7 Å². The number of nitrogens with zero attached hydrogens (tertiary/aromatic N) is 1. The highest BCUT2D eigenvalue weighted by Crippen LogP contribution is 2.14. The van der Waals surface area contributed by atoms with E-state index in [1.54, 1.807) is 6.07 Å². The Labute approximate surface area is 101 Å². The predicted molar refractivity (Wildman–Crippen MR) is 66.8 cm³/mol. The molecule has 0 fully saturated rings. The molecular weight excluding hydrogens is 218 g/mol. The summed E-state index contributed by atoms with van der Waals surface area (Å²) in [4.78, 5) is 28.9. The van der Waals surface area contributed by atoms with Crippen molar-refractivity contribution in [1.29, 1.82) is 0 Å². The number of hydrogen-bond acceptors (Lipinski definition) is 3. The first kappa shape index (κ1) is 13.4. The smallest absolute Gasteiger partial charge is 0.313 e. The Hall–Kier alpha value is -1.65. The van der Waals surface area contributed by atoms with Gasteiger partial charge >= 0.3 is 5.69 Å². The van der Waals surface area contributed by atoms with Gasteiger partial charge in [-0.15, -0.1) is 0 Å². The van der Waals surface area contributed by atoms with Crippen molar-refractivity contribution in [2.24, 2.45) is 5.92 Å². The standard InChI is InChI=1S/C12H19N3O2/c1-3-5-6-9(4-2)11(16)14-10-7-8-13-12(17)15-10/h7-9H,3-6H2,1-2H3,(H2,13,14,15,16,17). The van der Waals surface area contributed by atoms with E-state index in [0.29, 0.717) is 5.82 Å². The molecule has 0 spiro atoms. The van der Waals surface area contributed by atoms with Crippen LogP contribution in [-0.2, 0) is 4.79 Å². The lowest BCUT2D eigenvalue weighted by atomic mass is 9.98. The van der Waals surface area contributed by atoms with Crippen molar-refractivity contribution < 1.29 is 4.79 Å². The van der Waals surface area contributed by atoms with Crippen molar-refractivity contribution in [2.75, 3.05) is 5.32 Å². The molecule has 0 aliphatic heterocycles. The minimum absolute atomic E-state index is 0.00367. The summed E-state index contributed by atoms with van der Waals surface area (Å²) in [6.07, 6.45) is 5.26. The molecule has 1 unspecified atom stereocenters. The summed E-state index contributed by atoms with van der Waals surface area (Å²) in [5.74, 6) is 0.254. The molecule has 0 aliphatic carbocycles. The summed E-state index contributed by atoms with van der Waals surface area (Å²) >= 11 is 0. The summed E-state index contributed by atoms with van der Waals surface area (Å²) < 4.78 is 0. The lowest BCUT2D eigenvalue weighted by molar-refractivity contribution is -0.120. The molecule has 1 rings (SSSR count). The Kier molecular flexibility index (Phi) is 5.39. The van der Waals surface area contributed by atoms with Gasteiger partial charge in [0.05, 0.1) is 0 Å². The third-order valence-electron chi connectivity index (χ3n) is 2.69. The highest BCUT2D eigenvalue weighted by Gasteiger charge is 2.16. The molecule has 5 heteroatoms. The maximum atomic E-state index is 11.9. The van der Waals surface area contributed by atoms with Gasteiger partial charge in [0, 0.05) is 12.1 Å². The molecule has 94 valence electrons. The number of aromatic amines is 1. The Morgan fingerprint density at radius 3 is 2.88 bits per heavy atom. The zero-order valence-electron chi connectivity index (χ0n) is 10.3. The van der Waals surface area contributed by atoms with Crippen LogP contribution in [0.15, 0.2) is 17.1 Å². The number of amides is 1. The molecule has 1 aromatic rings. The van der Waals surface area contributed by atoms with E-state index >= 15 is 0 Å². The van der Waals surface area contributed by atoms with Crippen LogP contribution in [0, 0.1) is 5.92 Å². The minimum atomic E-state index is -0.454. The van der Waals surface area contributed by atoms with Gasteiger partial charge in [0.25, 0.3) is 0 Å². The van der Waals surface area contributed by atoms with Crippen LogP contribution in [0.5, 0.6) is 0 Å². The van der Waals surface area contributed by atoms with Crippen LogP contribution < -0.4 is 11.0 Å². The number of rotatable bonds is 6. The van der Waals surface area contributed by atoms with E-state index in [4.69, 9.17) is 0 Å². The topological polar surface area (TPSA) is 74.8 Å². The molecule has 1 atom stereocenters. The summed E-state index contributed by atoms with van der Waals surface area (Å²) in [6.45, 7) is 4.09. The summed E-state index contributed by atoms with van der Waals surface area (Å²) in [6, 6.07) is 1.58.